The van der Waals surface area contributed by atoms with Gasteiger partial charge in [0.05, 0.1) is 12.2 Å². The van der Waals surface area contributed by atoms with Gasteiger partial charge in [-0.15, -0.1) is 0 Å². The molecule has 0 aliphatic carbocycles. The van der Waals surface area contributed by atoms with Crippen molar-refractivity contribution in [3.63, 3.8) is 0 Å². The van der Waals surface area contributed by atoms with Gasteiger partial charge in [0.15, 0.2) is 5.78 Å². The molecule has 76 valence electrons. The van der Waals surface area contributed by atoms with Crippen molar-refractivity contribution in [3.05, 3.63) is 35.9 Å². The van der Waals surface area contributed by atoms with Crippen LogP contribution in [0.1, 0.15) is 23.7 Å². The Morgan fingerprint density at radius 3 is 2.43 bits per heavy atom. The predicted molar refractivity (Wildman–Crippen MR) is 53.1 cm³/mol. The highest BCUT2D eigenvalue weighted by Crippen LogP contribution is 2.13. The maximum absolute atomic E-state index is 11.5. The van der Waals surface area contributed by atoms with Crippen molar-refractivity contribution < 1.29 is 15.0 Å². The van der Waals surface area contributed by atoms with Crippen molar-refractivity contribution in [1.29, 1.82) is 0 Å². The van der Waals surface area contributed by atoms with E-state index in [9.17, 15) is 9.90 Å². The van der Waals surface area contributed by atoms with Crippen LogP contribution in [0.3, 0.4) is 0 Å². The number of aliphatic hydroxyl groups excluding tert-OH is 1. The van der Waals surface area contributed by atoms with Crippen LogP contribution in [0.15, 0.2) is 30.3 Å². The second-order valence-electron chi connectivity index (χ2n) is 3.62. The van der Waals surface area contributed by atoms with Gasteiger partial charge in [-0.05, 0) is 6.92 Å². The summed E-state index contributed by atoms with van der Waals surface area (Å²) in [6.07, 6.45) is -0.0620. The Bertz CT molecular complexity index is 304. The molecular formula is C11H14O3. The van der Waals surface area contributed by atoms with Gasteiger partial charge >= 0.3 is 0 Å². The Labute approximate surface area is 83.0 Å². The SMILES string of the molecule is C[C@](O)(CO)CC(=O)c1ccccc1. The number of hydrogen-bond donors (Lipinski definition) is 2. The van der Waals surface area contributed by atoms with E-state index in [4.69, 9.17) is 5.11 Å². The third kappa shape index (κ3) is 2.94. The average Bonchev–Trinajstić information content (AvgIpc) is 2.19. The number of ketones is 1. The molecule has 0 fully saturated rings. The molecule has 14 heavy (non-hydrogen) atoms. The summed E-state index contributed by atoms with van der Waals surface area (Å²) in [6, 6.07) is 8.73. The predicted octanol–water partition coefficient (Wildman–Crippen LogP) is 1.00. The number of benzene rings is 1. The Kier molecular flexibility index (Phi) is 3.38. The highest BCUT2D eigenvalue weighted by atomic mass is 16.3. The van der Waals surface area contributed by atoms with Gasteiger partial charge < -0.3 is 10.2 Å². The summed E-state index contributed by atoms with van der Waals surface area (Å²) in [5, 5.41) is 18.3. The fourth-order valence-electron chi connectivity index (χ4n) is 1.13. The first-order chi connectivity index (χ1) is 6.55. The second-order valence-corrected chi connectivity index (χ2v) is 3.62. The summed E-state index contributed by atoms with van der Waals surface area (Å²) in [5.41, 5.74) is -0.770. The zero-order valence-corrected chi connectivity index (χ0v) is 8.10. The van der Waals surface area contributed by atoms with Gasteiger partial charge in [-0.1, -0.05) is 30.3 Å². The molecule has 0 bridgehead atoms. The van der Waals surface area contributed by atoms with Gasteiger partial charge in [0.2, 0.25) is 0 Å². The number of Topliss-reactive ketones (excluding diaryl/α,β-unsaturated/α-hetero) is 1. The molecule has 3 nitrogen and oxygen atoms in total. The number of hydrogen-bond acceptors (Lipinski definition) is 3. The Morgan fingerprint density at radius 2 is 1.93 bits per heavy atom. The van der Waals surface area contributed by atoms with E-state index in [1.165, 1.54) is 6.92 Å². The smallest absolute Gasteiger partial charge is 0.165 e. The minimum atomic E-state index is -1.33. The van der Waals surface area contributed by atoms with Crippen LogP contribution in [0.2, 0.25) is 0 Å². The molecule has 0 aromatic heterocycles. The topological polar surface area (TPSA) is 57.5 Å². The number of carbonyl (C=O) groups is 1. The van der Waals surface area contributed by atoms with E-state index in [-0.39, 0.29) is 12.2 Å². The lowest BCUT2D eigenvalue weighted by molar-refractivity contribution is -0.00135. The van der Waals surface area contributed by atoms with Gasteiger partial charge in [0.25, 0.3) is 0 Å². The highest BCUT2D eigenvalue weighted by Gasteiger charge is 2.23. The molecule has 1 aromatic rings. The van der Waals surface area contributed by atoms with Crippen molar-refractivity contribution >= 4 is 5.78 Å². The van der Waals surface area contributed by atoms with E-state index in [1.807, 2.05) is 6.07 Å². The summed E-state index contributed by atoms with van der Waals surface area (Å²) < 4.78 is 0. The Hall–Kier alpha value is -1.19. The molecule has 0 saturated heterocycles. The maximum atomic E-state index is 11.5. The van der Waals surface area contributed by atoms with Crippen LogP contribution >= 0.6 is 0 Å². The molecule has 0 heterocycles. The minimum absolute atomic E-state index is 0.0620. The van der Waals surface area contributed by atoms with E-state index in [2.05, 4.69) is 0 Å². The number of carbonyl (C=O) groups excluding carboxylic acids is 1. The molecule has 1 rings (SSSR count). The van der Waals surface area contributed by atoms with E-state index in [1.54, 1.807) is 24.3 Å². The van der Waals surface area contributed by atoms with E-state index in [0.717, 1.165) is 0 Å². The maximum Gasteiger partial charge on any atom is 0.165 e. The first-order valence-electron chi connectivity index (χ1n) is 4.47. The molecule has 0 amide bonds. The van der Waals surface area contributed by atoms with Crippen molar-refractivity contribution in [2.24, 2.45) is 0 Å². The Balaban J connectivity index is 2.69. The molecule has 0 saturated carbocycles. The fraction of sp³-hybridized carbons (Fsp3) is 0.364. The van der Waals surface area contributed by atoms with Crippen LogP contribution in [0, 0.1) is 0 Å². The lowest BCUT2D eigenvalue weighted by Crippen LogP contribution is -2.32. The van der Waals surface area contributed by atoms with Crippen LogP contribution in [0.25, 0.3) is 0 Å². The largest absolute Gasteiger partial charge is 0.393 e. The second kappa shape index (κ2) is 4.35. The van der Waals surface area contributed by atoms with Crippen molar-refractivity contribution in [1.82, 2.24) is 0 Å². The lowest BCUT2D eigenvalue weighted by atomic mass is 9.97. The normalized spacial score (nSPS) is 14.8. The van der Waals surface area contributed by atoms with Crippen molar-refractivity contribution in [2.75, 3.05) is 6.61 Å². The molecular weight excluding hydrogens is 180 g/mol. The van der Waals surface area contributed by atoms with Gasteiger partial charge in [-0.2, -0.15) is 0 Å². The molecule has 0 aliphatic rings. The van der Waals surface area contributed by atoms with Crippen molar-refractivity contribution in [3.8, 4) is 0 Å². The summed E-state index contributed by atoms with van der Waals surface area (Å²) in [4.78, 5) is 11.5. The molecule has 1 atom stereocenters. The molecule has 0 unspecified atom stereocenters. The zero-order valence-electron chi connectivity index (χ0n) is 8.10. The summed E-state index contributed by atoms with van der Waals surface area (Å²) in [7, 11) is 0. The monoisotopic (exact) mass is 194 g/mol. The third-order valence-electron chi connectivity index (χ3n) is 1.98. The third-order valence-corrected chi connectivity index (χ3v) is 1.98. The zero-order chi connectivity index (χ0) is 10.6. The minimum Gasteiger partial charge on any atom is -0.393 e. The van der Waals surface area contributed by atoms with E-state index >= 15 is 0 Å². The standard InChI is InChI=1S/C11H14O3/c1-11(14,8-12)7-10(13)9-5-3-2-4-6-9/h2-6,12,14H,7-8H2,1H3/t11-/m1/s1. The van der Waals surface area contributed by atoms with Crippen LogP contribution in [-0.4, -0.2) is 28.2 Å². The summed E-state index contributed by atoms with van der Waals surface area (Å²) in [6.45, 7) is 1.03. The molecule has 3 heteroatoms. The summed E-state index contributed by atoms with van der Waals surface area (Å²) >= 11 is 0. The highest BCUT2D eigenvalue weighted by molar-refractivity contribution is 5.96. The molecule has 0 aliphatic heterocycles. The molecule has 2 N–H and O–H groups in total. The lowest BCUT2D eigenvalue weighted by Gasteiger charge is -2.18. The van der Waals surface area contributed by atoms with Crippen LogP contribution < -0.4 is 0 Å². The van der Waals surface area contributed by atoms with E-state index < -0.39 is 12.2 Å². The van der Waals surface area contributed by atoms with Crippen LogP contribution in [0.5, 0.6) is 0 Å². The number of rotatable bonds is 4. The van der Waals surface area contributed by atoms with E-state index in [0.29, 0.717) is 5.56 Å². The summed E-state index contributed by atoms with van der Waals surface area (Å²) in [5.74, 6) is -0.162. The Morgan fingerprint density at radius 1 is 1.36 bits per heavy atom. The van der Waals surface area contributed by atoms with Crippen molar-refractivity contribution in [2.45, 2.75) is 18.9 Å². The van der Waals surface area contributed by atoms with Gasteiger partial charge in [0, 0.05) is 12.0 Å². The first kappa shape index (κ1) is 10.9. The molecule has 1 aromatic carbocycles. The van der Waals surface area contributed by atoms with Crippen LogP contribution in [-0.2, 0) is 0 Å². The van der Waals surface area contributed by atoms with Gasteiger partial charge in [-0.25, -0.2) is 0 Å². The van der Waals surface area contributed by atoms with Gasteiger partial charge in [0.1, 0.15) is 0 Å². The van der Waals surface area contributed by atoms with Gasteiger partial charge in [-0.3, -0.25) is 4.79 Å². The first-order valence-corrected chi connectivity index (χ1v) is 4.47. The van der Waals surface area contributed by atoms with Crippen LogP contribution in [0.4, 0.5) is 0 Å². The quantitative estimate of drug-likeness (QED) is 0.703. The fourth-order valence-corrected chi connectivity index (χ4v) is 1.13. The average molecular weight is 194 g/mol. The molecule has 0 radical (unpaired) electrons. The molecule has 0 spiro atoms. The number of aliphatic hydroxyl groups is 2.